The number of nitrogens with one attached hydrogen (secondary N) is 1. The Morgan fingerprint density at radius 1 is 1.47 bits per heavy atom. The van der Waals surface area contributed by atoms with Crippen LogP contribution in [0.25, 0.3) is 0 Å². The summed E-state index contributed by atoms with van der Waals surface area (Å²) in [6.07, 6.45) is 0. The lowest BCUT2D eigenvalue weighted by atomic mass is 10.4. The number of pyridine rings is 1. The third kappa shape index (κ3) is 1.65. The van der Waals surface area contributed by atoms with Gasteiger partial charge in [0.15, 0.2) is 5.03 Å². The van der Waals surface area contributed by atoms with Crippen LogP contribution in [0.3, 0.4) is 0 Å². The van der Waals surface area contributed by atoms with E-state index in [1.54, 1.807) is 0 Å². The molecule has 2 rings (SSSR count). The lowest BCUT2D eigenvalue weighted by Gasteiger charge is -2.16. The number of sulfone groups is 1. The van der Waals surface area contributed by atoms with Crippen molar-refractivity contribution in [2.24, 2.45) is 0 Å². The van der Waals surface area contributed by atoms with Gasteiger partial charge in [-0.25, -0.2) is 8.42 Å². The molecule has 0 bridgehead atoms. The first kappa shape index (κ1) is 9.91. The van der Waals surface area contributed by atoms with Crippen LogP contribution in [-0.4, -0.2) is 32.2 Å². The Labute approximate surface area is 86.2 Å². The van der Waals surface area contributed by atoms with Crippen LogP contribution < -0.4 is 10.1 Å². The number of carbonyl (C=O) groups is 1. The maximum atomic E-state index is 11.6. The van der Waals surface area contributed by atoms with Gasteiger partial charge in [-0.15, -0.1) is 0 Å². The molecule has 0 aromatic carbocycles. The van der Waals surface area contributed by atoms with E-state index < -0.39 is 21.5 Å². The number of ether oxygens (including phenoxy) is 1. The molecule has 1 aromatic rings. The number of hydrogen-bond acceptors (Lipinski definition) is 5. The normalized spacial score (nSPS) is 17.8. The van der Waals surface area contributed by atoms with Gasteiger partial charge in [0.25, 0.3) is 0 Å². The summed E-state index contributed by atoms with van der Waals surface area (Å²) in [5.74, 6) is -0.914. The number of carbonyl (C=O) groups excluding carboxylic acids is 1. The van der Waals surface area contributed by atoms with Crippen molar-refractivity contribution in [2.75, 3.05) is 18.2 Å². The van der Waals surface area contributed by atoms with E-state index in [0.29, 0.717) is 0 Å². The molecule has 6 nitrogen and oxygen atoms in total. The second-order valence-corrected chi connectivity index (χ2v) is 4.92. The first-order valence-corrected chi connectivity index (χ1v) is 5.76. The van der Waals surface area contributed by atoms with Gasteiger partial charge in [0.2, 0.25) is 21.6 Å². The summed E-state index contributed by atoms with van der Waals surface area (Å²) in [7, 11) is -2.24. The van der Waals surface area contributed by atoms with Gasteiger partial charge < -0.3 is 10.1 Å². The van der Waals surface area contributed by atoms with Gasteiger partial charge in [-0.2, -0.15) is 4.98 Å². The van der Waals surface area contributed by atoms with E-state index in [1.807, 2.05) is 0 Å². The summed E-state index contributed by atoms with van der Waals surface area (Å²) < 4.78 is 28.0. The first-order chi connectivity index (χ1) is 7.03. The van der Waals surface area contributed by atoms with Crippen LogP contribution in [0, 0.1) is 0 Å². The van der Waals surface area contributed by atoms with E-state index in [1.165, 1.54) is 19.2 Å². The molecule has 1 aliphatic rings. The molecule has 0 radical (unpaired) electrons. The number of aromatic nitrogens is 1. The summed E-state index contributed by atoms with van der Waals surface area (Å²) in [5.41, 5.74) is 0.201. The zero-order chi connectivity index (χ0) is 11.1. The Bertz CT molecular complexity index is 523. The number of fused-ring (bicyclic) bond motifs is 1. The van der Waals surface area contributed by atoms with Gasteiger partial charge in [-0.1, -0.05) is 0 Å². The average Bonchev–Trinajstić information content (AvgIpc) is 2.16. The molecule has 7 heteroatoms. The monoisotopic (exact) mass is 228 g/mol. The fourth-order valence-electron chi connectivity index (χ4n) is 1.30. The third-order valence-electron chi connectivity index (χ3n) is 1.93. The van der Waals surface area contributed by atoms with E-state index in [-0.39, 0.29) is 16.6 Å². The summed E-state index contributed by atoms with van der Waals surface area (Å²) in [4.78, 5) is 14.8. The van der Waals surface area contributed by atoms with E-state index >= 15 is 0 Å². The fourth-order valence-corrected chi connectivity index (χ4v) is 2.53. The maximum Gasteiger partial charge on any atom is 0.240 e. The number of nitrogens with zero attached hydrogens (tertiary/aromatic N) is 1. The molecule has 80 valence electrons. The molecule has 0 saturated carbocycles. The summed E-state index contributed by atoms with van der Waals surface area (Å²) >= 11 is 0. The lowest BCUT2D eigenvalue weighted by molar-refractivity contribution is -0.114. The summed E-state index contributed by atoms with van der Waals surface area (Å²) in [6.45, 7) is 0. The Hall–Kier alpha value is -1.63. The molecule has 0 saturated heterocycles. The van der Waals surface area contributed by atoms with Crippen LogP contribution >= 0.6 is 0 Å². The molecule has 0 fully saturated rings. The minimum absolute atomic E-state index is 0.138. The molecule has 1 amide bonds. The minimum atomic E-state index is -3.63. The zero-order valence-electron chi connectivity index (χ0n) is 7.85. The Balaban J connectivity index is 2.64. The van der Waals surface area contributed by atoms with Crippen molar-refractivity contribution in [3.8, 4) is 5.88 Å². The maximum absolute atomic E-state index is 11.6. The third-order valence-corrected chi connectivity index (χ3v) is 3.48. The van der Waals surface area contributed by atoms with Gasteiger partial charge in [0, 0.05) is 6.07 Å². The Kier molecular flexibility index (Phi) is 2.11. The quantitative estimate of drug-likeness (QED) is 0.720. The van der Waals surface area contributed by atoms with Crippen LogP contribution in [0.5, 0.6) is 5.88 Å². The predicted octanol–water partition coefficient (Wildman–Crippen LogP) is -0.184. The van der Waals surface area contributed by atoms with Crippen LogP contribution in [0.15, 0.2) is 17.2 Å². The molecule has 0 unspecified atom stereocenters. The lowest BCUT2D eigenvalue weighted by Crippen LogP contribution is -2.30. The molecule has 0 atom stereocenters. The van der Waals surface area contributed by atoms with E-state index in [0.717, 1.165) is 0 Å². The van der Waals surface area contributed by atoms with Crippen molar-refractivity contribution in [1.82, 2.24) is 4.98 Å². The zero-order valence-corrected chi connectivity index (χ0v) is 8.67. The molecule has 1 aromatic heterocycles. The molecule has 1 aliphatic heterocycles. The van der Waals surface area contributed by atoms with Crippen LogP contribution in [-0.2, 0) is 14.6 Å². The number of hydrogen-bond donors (Lipinski definition) is 1. The van der Waals surface area contributed by atoms with Crippen molar-refractivity contribution in [3.05, 3.63) is 12.1 Å². The largest absolute Gasteiger partial charge is 0.481 e. The molecule has 2 heterocycles. The molecule has 15 heavy (non-hydrogen) atoms. The second kappa shape index (κ2) is 3.20. The fraction of sp³-hybridized carbons (Fsp3) is 0.250. The van der Waals surface area contributed by atoms with Gasteiger partial charge >= 0.3 is 0 Å². The number of amides is 1. The Morgan fingerprint density at radius 3 is 2.87 bits per heavy atom. The molecular formula is C8H8N2O4S. The standard InChI is InChI=1S/C8H8N2O4S/c1-14-7-3-2-5-8(10-7)15(12,13)4-6(11)9-5/h2-3H,4H2,1H3,(H,9,11). The van der Waals surface area contributed by atoms with Crippen molar-refractivity contribution in [2.45, 2.75) is 5.03 Å². The van der Waals surface area contributed by atoms with E-state index in [9.17, 15) is 13.2 Å². The SMILES string of the molecule is COc1ccc2c(n1)S(=O)(=O)CC(=O)N2. The van der Waals surface area contributed by atoms with Gasteiger partial charge in [-0.3, -0.25) is 4.79 Å². The van der Waals surface area contributed by atoms with Crippen molar-refractivity contribution in [1.29, 1.82) is 0 Å². The van der Waals surface area contributed by atoms with Gasteiger partial charge in [-0.05, 0) is 6.07 Å². The highest BCUT2D eigenvalue weighted by Crippen LogP contribution is 2.26. The summed E-state index contributed by atoms with van der Waals surface area (Å²) in [6, 6.07) is 2.94. The highest BCUT2D eigenvalue weighted by molar-refractivity contribution is 7.92. The smallest absolute Gasteiger partial charge is 0.240 e. The molecule has 0 aliphatic carbocycles. The number of methoxy groups -OCH3 is 1. The molecule has 0 spiro atoms. The van der Waals surface area contributed by atoms with Crippen LogP contribution in [0.1, 0.15) is 0 Å². The number of rotatable bonds is 1. The van der Waals surface area contributed by atoms with Crippen molar-refractivity contribution in [3.63, 3.8) is 0 Å². The predicted molar refractivity (Wildman–Crippen MR) is 51.5 cm³/mol. The van der Waals surface area contributed by atoms with Gasteiger partial charge in [0.05, 0.1) is 12.8 Å². The highest BCUT2D eigenvalue weighted by atomic mass is 32.2. The van der Waals surface area contributed by atoms with Crippen molar-refractivity contribution >= 4 is 21.4 Å². The minimum Gasteiger partial charge on any atom is -0.481 e. The van der Waals surface area contributed by atoms with Crippen LogP contribution in [0.2, 0.25) is 0 Å². The second-order valence-electron chi connectivity index (χ2n) is 3.01. The van der Waals surface area contributed by atoms with E-state index in [4.69, 9.17) is 4.74 Å². The molecule has 1 N–H and O–H groups in total. The Morgan fingerprint density at radius 2 is 2.20 bits per heavy atom. The summed E-state index contributed by atoms with van der Waals surface area (Å²) in [5, 5.41) is 2.29. The number of anilines is 1. The van der Waals surface area contributed by atoms with Crippen LogP contribution in [0.4, 0.5) is 5.69 Å². The van der Waals surface area contributed by atoms with Gasteiger partial charge in [0.1, 0.15) is 5.75 Å². The van der Waals surface area contributed by atoms with E-state index in [2.05, 4.69) is 10.3 Å². The van der Waals surface area contributed by atoms with Crippen molar-refractivity contribution < 1.29 is 17.9 Å². The average molecular weight is 228 g/mol. The molecular weight excluding hydrogens is 220 g/mol. The highest BCUT2D eigenvalue weighted by Gasteiger charge is 2.30. The first-order valence-electron chi connectivity index (χ1n) is 4.10. The topological polar surface area (TPSA) is 85.4 Å².